The fraction of sp³-hybridized carbons (Fsp3) is 0.571. The SMILES string of the molecule is CN1CCN(CC(CN)c2cccc(Br)c2)CC1. The second kappa shape index (κ2) is 6.66. The van der Waals surface area contributed by atoms with E-state index in [1.165, 1.54) is 5.56 Å². The highest BCUT2D eigenvalue weighted by Gasteiger charge is 2.18. The molecule has 1 unspecified atom stereocenters. The summed E-state index contributed by atoms with van der Waals surface area (Å²) < 4.78 is 1.14. The van der Waals surface area contributed by atoms with Crippen molar-refractivity contribution in [1.29, 1.82) is 0 Å². The summed E-state index contributed by atoms with van der Waals surface area (Å²) in [5, 5.41) is 0. The topological polar surface area (TPSA) is 32.5 Å². The van der Waals surface area contributed by atoms with E-state index in [0.717, 1.165) is 37.2 Å². The molecule has 2 N–H and O–H groups in total. The summed E-state index contributed by atoms with van der Waals surface area (Å²) in [4.78, 5) is 4.91. The highest BCUT2D eigenvalue weighted by atomic mass is 79.9. The van der Waals surface area contributed by atoms with Crippen molar-refractivity contribution in [2.75, 3.05) is 46.3 Å². The van der Waals surface area contributed by atoms with Crippen molar-refractivity contribution in [2.45, 2.75) is 5.92 Å². The first-order chi connectivity index (χ1) is 8.69. The molecule has 1 aliphatic rings. The largest absolute Gasteiger partial charge is 0.330 e. The Morgan fingerprint density at radius 2 is 2.00 bits per heavy atom. The average Bonchev–Trinajstić information content (AvgIpc) is 2.38. The summed E-state index contributed by atoms with van der Waals surface area (Å²) >= 11 is 3.53. The van der Waals surface area contributed by atoms with Gasteiger partial charge >= 0.3 is 0 Å². The van der Waals surface area contributed by atoms with Crippen LogP contribution in [0.5, 0.6) is 0 Å². The van der Waals surface area contributed by atoms with Gasteiger partial charge in [-0.25, -0.2) is 0 Å². The van der Waals surface area contributed by atoms with Gasteiger partial charge in [0.05, 0.1) is 0 Å². The van der Waals surface area contributed by atoms with Gasteiger partial charge in [-0.3, -0.25) is 0 Å². The van der Waals surface area contributed by atoms with Crippen molar-refractivity contribution < 1.29 is 0 Å². The summed E-state index contributed by atoms with van der Waals surface area (Å²) in [6.45, 7) is 6.41. The molecule has 1 aromatic carbocycles. The minimum atomic E-state index is 0.436. The molecule has 0 radical (unpaired) electrons. The van der Waals surface area contributed by atoms with Crippen molar-refractivity contribution >= 4 is 15.9 Å². The summed E-state index contributed by atoms with van der Waals surface area (Å²) in [6, 6.07) is 8.52. The van der Waals surface area contributed by atoms with Crippen LogP contribution in [0.15, 0.2) is 28.7 Å². The first kappa shape index (κ1) is 14.0. The fourth-order valence-corrected chi connectivity index (χ4v) is 2.84. The van der Waals surface area contributed by atoms with Crippen LogP contribution in [0.3, 0.4) is 0 Å². The second-order valence-corrected chi connectivity index (χ2v) is 6.01. The third-order valence-corrected chi connectivity index (χ3v) is 4.17. The third-order valence-electron chi connectivity index (χ3n) is 3.68. The molecule has 1 atom stereocenters. The van der Waals surface area contributed by atoms with Crippen molar-refractivity contribution in [3.63, 3.8) is 0 Å². The van der Waals surface area contributed by atoms with E-state index >= 15 is 0 Å². The molecular weight excluding hydrogens is 290 g/mol. The Hall–Kier alpha value is -0.420. The molecule has 0 aliphatic carbocycles. The quantitative estimate of drug-likeness (QED) is 0.919. The predicted molar refractivity (Wildman–Crippen MR) is 79.9 cm³/mol. The normalized spacial score (nSPS) is 19.9. The van der Waals surface area contributed by atoms with Gasteiger partial charge in [0.1, 0.15) is 0 Å². The standard InChI is InChI=1S/C14H22BrN3/c1-17-5-7-18(8-6-17)11-13(10-16)12-3-2-4-14(15)9-12/h2-4,9,13H,5-8,10-11,16H2,1H3. The second-order valence-electron chi connectivity index (χ2n) is 5.09. The highest BCUT2D eigenvalue weighted by Crippen LogP contribution is 2.20. The maximum Gasteiger partial charge on any atom is 0.0178 e. The Morgan fingerprint density at radius 3 is 2.61 bits per heavy atom. The lowest BCUT2D eigenvalue weighted by molar-refractivity contribution is 0.147. The average molecular weight is 312 g/mol. The first-order valence-corrected chi connectivity index (χ1v) is 7.35. The van der Waals surface area contributed by atoms with Gasteiger partial charge in [-0.2, -0.15) is 0 Å². The van der Waals surface area contributed by atoms with E-state index in [-0.39, 0.29) is 0 Å². The van der Waals surface area contributed by atoms with Gasteiger partial charge in [0.15, 0.2) is 0 Å². The minimum Gasteiger partial charge on any atom is -0.330 e. The van der Waals surface area contributed by atoms with Crippen LogP contribution in [0, 0.1) is 0 Å². The maximum atomic E-state index is 5.95. The van der Waals surface area contributed by atoms with Gasteiger partial charge in [-0.1, -0.05) is 28.1 Å². The van der Waals surface area contributed by atoms with E-state index in [0.29, 0.717) is 12.5 Å². The van der Waals surface area contributed by atoms with Crippen LogP contribution in [-0.2, 0) is 0 Å². The van der Waals surface area contributed by atoms with Gasteiger partial charge in [0.2, 0.25) is 0 Å². The van der Waals surface area contributed by atoms with Crippen LogP contribution in [0.25, 0.3) is 0 Å². The molecule has 0 aromatic heterocycles. The monoisotopic (exact) mass is 311 g/mol. The lowest BCUT2D eigenvalue weighted by Crippen LogP contribution is -2.46. The summed E-state index contributed by atoms with van der Waals surface area (Å²) in [6.07, 6.45) is 0. The van der Waals surface area contributed by atoms with Crippen LogP contribution in [0.4, 0.5) is 0 Å². The van der Waals surface area contributed by atoms with Gasteiger partial charge in [0, 0.05) is 49.7 Å². The number of nitrogens with zero attached hydrogens (tertiary/aromatic N) is 2. The summed E-state index contributed by atoms with van der Waals surface area (Å²) in [5.41, 5.74) is 7.29. The third kappa shape index (κ3) is 3.79. The number of piperazine rings is 1. The van der Waals surface area contributed by atoms with E-state index in [9.17, 15) is 0 Å². The van der Waals surface area contributed by atoms with Crippen LogP contribution in [0.1, 0.15) is 11.5 Å². The molecule has 1 aromatic rings. The van der Waals surface area contributed by atoms with Crippen LogP contribution in [-0.4, -0.2) is 56.1 Å². The van der Waals surface area contributed by atoms with Crippen LogP contribution in [0.2, 0.25) is 0 Å². The number of hydrogen-bond donors (Lipinski definition) is 1. The van der Waals surface area contributed by atoms with Gasteiger partial charge in [-0.05, 0) is 24.7 Å². The molecule has 1 fully saturated rings. The molecule has 1 aliphatic heterocycles. The van der Waals surface area contributed by atoms with Crippen LogP contribution < -0.4 is 5.73 Å². The Kier molecular flexibility index (Phi) is 5.18. The molecular formula is C14H22BrN3. The summed E-state index contributed by atoms with van der Waals surface area (Å²) in [5.74, 6) is 0.436. The zero-order chi connectivity index (χ0) is 13.0. The Labute approximate surface area is 118 Å². The van der Waals surface area contributed by atoms with E-state index < -0.39 is 0 Å². The Morgan fingerprint density at radius 1 is 1.28 bits per heavy atom. The lowest BCUT2D eigenvalue weighted by atomic mass is 9.98. The van der Waals surface area contributed by atoms with E-state index in [2.05, 4.69) is 57.0 Å². The van der Waals surface area contributed by atoms with Gasteiger partial charge in [0.25, 0.3) is 0 Å². The molecule has 100 valence electrons. The number of hydrogen-bond acceptors (Lipinski definition) is 3. The predicted octanol–water partition coefficient (Wildman–Crippen LogP) is 1.74. The van der Waals surface area contributed by atoms with Crippen LogP contribution >= 0.6 is 15.9 Å². The smallest absolute Gasteiger partial charge is 0.0178 e. The van der Waals surface area contributed by atoms with Crippen molar-refractivity contribution in [2.24, 2.45) is 5.73 Å². The van der Waals surface area contributed by atoms with Crippen molar-refractivity contribution in [3.05, 3.63) is 34.3 Å². The Balaban J connectivity index is 1.97. The zero-order valence-electron chi connectivity index (χ0n) is 11.0. The van der Waals surface area contributed by atoms with Crippen molar-refractivity contribution in [3.8, 4) is 0 Å². The molecule has 4 heteroatoms. The molecule has 2 rings (SSSR count). The van der Waals surface area contributed by atoms with Crippen molar-refractivity contribution in [1.82, 2.24) is 9.80 Å². The zero-order valence-corrected chi connectivity index (χ0v) is 12.6. The Bertz CT molecular complexity index is 375. The molecule has 1 saturated heterocycles. The molecule has 3 nitrogen and oxygen atoms in total. The fourth-order valence-electron chi connectivity index (χ4n) is 2.42. The molecule has 0 bridgehead atoms. The van der Waals surface area contributed by atoms with Gasteiger partial charge in [-0.15, -0.1) is 0 Å². The summed E-state index contributed by atoms with van der Waals surface area (Å²) in [7, 11) is 2.19. The molecule has 0 amide bonds. The lowest BCUT2D eigenvalue weighted by Gasteiger charge is -2.34. The minimum absolute atomic E-state index is 0.436. The molecule has 18 heavy (non-hydrogen) atoms. The number of rotatable bonds is 4. The van der Waals surface area contributed by atoms with Gasteiger partial charge < -0.3 is 15.5 Å². The molecule has 1 heterocycles. The number of halogens is 1. The number of nitrogens with two attached hydrogens (primary N) is 1. The highest BCUT2D eigenvalue weighted by molar-refractivity contribution is 9.10. The van der Waals surface area contributed by atoms with E-state index in [1.54, 1.807) is 0 Å². The maximum absolute atomic E-state index is 5.95. The first-order valence-electron chi connectivity index (χ1n) is 6.55. The number of likely N-dealkylation sites (N-methyl/N-ethyl adjacent to an activating group) is 1. The molecule has 0 saturated carbocycles. The molecule has 0 spiro atoms. The van der Waals surface area contributed by atoms with E-state index in [1.807, 2.05) is 0 Å². The number of benzene rings is 1. The van der Waals surface area contributed by atoms with E-state index in [4.69, 9.17) is 5.73 Å².